The van der Waals surface area contributed by atoms with Gasteiger partial charge in [0.2, 0.25) is 5.91 Å². The summed E-state index contributed by atoms with van der Waals surface area (Å²) in [7, 11) is 0. The Kier molecular flexibility index (Phi) is 5.03. The summed E-state index contributed by atoms with van der Waals surface area (Å²) in [5.74, 6) is -0.330. The van der Waals surface area contributed by atoms with Gasteiger partial charge in [-0.1, -0.05) is 11.6 Å². The van der Waals surface area contributed by atoms with Crippen molar-refractivity contribution in [2.45, 2.75) is 44.8 Å². The number of nitrogens with zero attached hydrogens (tertiary/aromatic N) is 2. The third kappa shape index (κ3) is 4.91. The van der Waals surface area contributed by atoms with Crippen molar-refractivity contribution in [2.24, 2.45) is 0 Å². The van der Waals surface area contributed by atoms with Crippen LogP contribution >= 0.6 is 0 Å². The molecule has 1 amide bonds. The number of halogens is 3. The summed E-state index contributed by atoms with van der Waals surface area (Å²) in [6.45, 7) is 0.313. The van der Waals surface area contributed by atoms with Crippen LogP contribution in [0.5, 0.6) is 0 Å². The highest BCUT2D eigenvalue weighted by Gasteiger charge is 2.33. The molecule has 0 saturated heterocycles. The number of hydrogen-bond donors (Lipinski definition) is 1. The fourth-order valence-electron chi connectivity index (χ4n) is 2.30. The first-order chi connectivity index (χ1) is 9.95. The first kappa shape index (κ1) is 15.6. The second-order valence-corrected chi connectivity index (χ2v) is 5.10. The minimum absolute atomic E-state index is 0.199. The Morgan fingerprint density at radius 2 is 2.19 bits per heavy atom. The van der Waals surface area contributed by atoms with Crippen LogP contribution in [-0.4, -0.2) is 22.2 Å². The SMILES string of the molecule is O=C(Cn1ccc(C(F)(F)F)n1)NCCC1=CCCCC1. The van der Waals surface area contributed by atoms with E-state index in [0.29, 0.717) is 6.54 Å². The summed E-state index contributed by atoms with van der Waals surface area (Å²) in [4.78, 5) is 11.6. The van der Waals surface area contributed by atoms with Crippen LogP contribution in [0.2, 0.25) is 0 Å². The molecule has 116 valence electrons. The van der Waals surface area contributed by atoms with Crippen molar-refractivity contribution in [3.63, 3.8) is 0 Å². The quantitative estimate of drug-likeness (QED) is 0.850. The van der Waals surface area contributed by atoms with E-state index < -0.39 is 11.9 Å². The van der Waals surface area contributed by atoms with Gasteiger partial charge in [-0.15, -0.1) is 0 Å². The van der Waals surface area contributed by atoms with E-state index in [1.54, 1.807) is 0 Å². The first-order valence-electron chi connectivity index (χ1n) is 7.00. The number of carbonyl (C=O) groups is 1. The van der Waals surface area contributed by atoms with Gasteiger partial charge in [0.05, 0.1) is 0 Å². The lowest BCUT2D eigenvalue weighted by atomic mass is 9.97. The Balaban J connectivity index is 1.74. The molecule has 1 aliphatic rings. The summed E-state index contributed by atoms with van der Waals surface area (Å²) in [6, 6.07) is 0.861. The zero-order valence-corrected chi connectivity index (χ0v) is 11.6. The Morgan fingerprint density at radius 1 is 1.38 bits per heavy atom. The van der Waals surface area contributed by atoms with Gasteiger partial charge >= 0.3 is 6.18 Å². The van der Waals surface area contributed by atoms with Gasteiger partial charge in [0.1, 0.15) is 6.54 Å². The maximum atomic E-state index is 12.4. The van der Waals surface area contributed by atoms with E-state index in [4.69, 9.17) is 0 Å². The zero-order valence-electron chi connectivity index (χ0n) is 11.6. The van der Waals surface area contributed by atoms with E-state index in [1.165, 1.54) is 18.4 Å². The average molecular weight is 301 g/mol. The lowest BCUT2D eigenvalue weighted by Crippen LogP contribution is -2.29. The van der Waals surface area contributed by atoms with Crippen molar-refractivity contribution >= 4 is 5.91 Å². The van der Waals surface area contributed by atoms with Crippen LogP contribution in [0.15, 0.2) is 23.9 Å². The molecule has 4 nitrogen and oxygen atoms in total. The second kappa shape index (κ2) is 6.78. The van der Waals surface area contributed by atoms with Crippen LogP contribution in [0.3, 0.4) is 0 Å². The number of allylic oxidation sites excluding steroid dienone is 1. The van der Waals surface area contributed by atoms with Gasteiger partial charge in [-0.25, -0.2) is 0 Å². The van der Waals surface area contributed by atoms with Gasteiger partial charge in [-0.05, 0) is 38.2 Å². The van der Waals surface area contributed by atoms with Crippen LogP contribution in [0, 0.1) is 0 Å². The standard InChI is InChI=1S/C14H18F3N3O/c15-14(16,17)12-7-9-20(19-12)10-13(21)18-8-6-11-4-2-1-3-5-11/h4,7,9H,1-3,5-6,8,10H2,(H,18,21). The number of amides is 1. The molecular weight excluding hydrogens is 283 g/mol. The van der Waals surface area contributed by atoms with E-state index in [9.17, 15) is 18.0 Å². The molecule has 0 aliphatic heterocycles. The fourth-order valence-corrected chi connectivity index (χ4v) is 2.30. The van der Waals surface area contributed by atoms with Crippen molar-refractivity contribution in [3.05, 3.63) is 29.6 Å². The van der Waals surface area contributed by atoms with Crippen molar-refractivity contribution in [1.82, 2.24) is 15.1 Å². The molecule has 1 N–H and O–H groups in total. The molecule has 1 aliphatic carbocycles. The minimum Gasteiger partial charge on any atom is -0.354 e. The number of aromatic nitrogens is 2. The summed E-state index contributed by atoms with van der Waals surface area (Å²) < 4.78 is 38.1. The smallest absolute Gasteiger partial charge is 0.354 e. The first-order valence-corrected chi connectivity index (χ1v) is 7.00. The Hall–Kier alpha value is -1.79. The van der Waals surface area contributed by atoms with E-state index in [-0.39, 0.29) is 12.5 Å². The van der Waals surface area contributed by atoms with Crippen LogP contribution in [0.4, 0.5) is 13.2 Å². The molecule has 0 unspecified atom stereocenters. The molecule has 0 radical (unpaired) electrons. The van der Waals surface area contributed by atoms with Gasteiger partial charge in [0.25, 0.3) is 0 Å². The molecule has 0 atom stereocenters. The molecule has 0 bridgehead atoms. The third-order valence-electron chi connectivity index (χ3n) is 3.39. The average Bonchev–Trinajstić information content (AvgIpc) is 2.88. The fraction of sp³-hybridized carbons (Fsp3) is 0.571. The molecule has 21 heavy (non-hydrogen) atoms. The molecule has 0 saturated carbocycles. The topological polar surface area (TPSA) is 46.9 Å². The van der Waals surface area contributed by atoms with Crippen molar-refractivity contribution in [3.8, 4) is 0 Å². The maximum absolute atomic E-state index is 12.4. The summed E-state index contributed by atoms with van der Waals surface area (Å²) in [5, 5.41) is 6.04. The molecule has 0 aromatic carbocycles. The van der Waals surface area contributed by atoms with Crippen molar-refractivity contribution in [2.75, 3.05) is 6.54 Å². The van der Waals surface area contributed by atoms with Gasteiger partial charge < -0.3 is 5.32 Å². The number of hydrogen-bond acceptors (Lipinski definition) is 2. The van der Waals surface area contributed by atoms with Crippen LogP contribution in [0.1, 0.15) is 37.8 Å². The monoisotopic (exact) mass is 301 g/mol. The summed E-state index contributed by atoms with van der Waals surface area (Å²) >= 11 is 0. The molecule has 1 heterocycles. The van der Waals surface area contributed by atoms with Gasteiger partial charge in [-0.3, -0.25) is 9.48 Å². The molecule has 0 fully saturated rings. The highest BCUT2D eigenvalue weighted by Crippen LogP contribution is 2.27. The maximum Gasteiger partial charge on any atom is 0.435 e. The molecule has 2 rings (SSSR count). The molecule has 1 aromatic heterocycles. The minimum atomic E-state index is -4.48. The molecule has 0 spiro atoms. The molecular formula is C14H18F3N3O. The lowest BCUT2D eigenvalue weighted by Gasteiger charge is -2.12. The zero-order chi connectivity index (χ0) is 15.3. The Morgan fingerprint density at radius 3 is 2.81 bits per heavy atom. The molecule has 7 heteroatoms. The van der Waals surface area contributed by atoms with Gasteiger partial charge in [0.15, 0.2) is 5.69 Å². The predicted molar refractivity (Wildman–Crippen MR) is 71.4 cm³/mol. The van der Waals surface area contributed by atoms with Crippen LogP contribution < -0.4 is 5.32 Å². The second-order valence-electron chi connectivity index (χ2n) is 5.10. The van der Waals surface area contributed by atoms with Gasteiger partial charge in [-0.2, -0.15) is 18.3 Å². The predicted octanol–water partition coefficient (Wildman–Crippen LogP) is 2.91. The third-order valence-corrected chi connectivity index (χ3v) is 3.39. The molecule has 1 aromatic rings. The lowest BCUT2D eigenvalue weighted by molar-refractivity contribution is -0.141. The van der Waals surface area contributed by atoms with Crippen LogP contribution in [0.25, 0.3) is 0 Å². The van der Waals surface area contributed by atoms with E-state index in [0.717, 1.165) is 36.2 Å². The Bertz CT molecular complexity index is 520. The Labute approximate surface area is 121 Å². The number of nitrogens with one attached hydrogen (secondary N) is 1. The van der Waals surface area contributed by atoms with E-state index in [1.807, 2.05) is 0 Å². The number of rotatable bonds is 5. The van der Waals surface area contributed by atoms with Crippen molar-refractivity contribution < 1.29 is 18.0 Å². The number of carbonyl (C=O) groups excluding carboxylic acids is 1. The van der Waals surface area contributed by atoms with Crippen LogP contribution in [-0.2, 0) is 17.5 Å². The normalized spacial score (nSPS) is 15.7. The van der Waals surface area contributed by atoms with E-state index in [2.05, 4.69) is 16.5 Å². The highest BCUT2D eigenvalue weighted by molar-refractivity contribution is 5.75. The number of alkyl halides is 3. The summed E-state index contributed by atoms with van der Waals surface area (Å²) in [6.07, 6.45) is 4.27. The van der Waals surface area contributed by atoms with E-state index >= 15 is 0 Å². The largest absolute Gasteiger partial charge is 0.435 e. The summed E-state index contributed by atoms with van der Waals surface area (Å²) in [5.41, 5.74) is 0.364. The van der Waals surface area contributed by atoms with Crippen molar-refractivity contribution in [1.29, 1.82) is 0 Å². The highest BCUT2D eigenvalue weighted by atomic mass is 19.4. The van der Waals surface area contributed by atoms with Gasteiger partial charge in [0, 0.05) is 12.7 Å².